The Balaban J connectivity index is 1.39. The summed E-state index contributed by atoms with van der Waals surface area (Å²) in [6.07, 6.45) is 5.24. The number of methoxy groups -OCH3 is 1. The van der Waals surface area contributed by atoms with Crippen LogP contribution < -0.4 is 10.6 Å². The zero-order valence-electron chi connectivity index (χ0n) is 18.7. The van der Waals surface area contributed by atoms with Crippen LogP contribution in [0.4, 0.5) is 5.00 Å². The molecule has 1 aliphatic rings. The molecule has 1 aromatic carbocycles. The van der Waals surface area contributed by atoms with Crippen LogP contribution in [0.1, 0.15) is 52.4 Å². The monoisotopic (exact) mass is 468 g/mol. The molecule has 0 spiro atoms. The molecule has 0 aliphatic heterocycles. The number of hydrogen-bond donors (Lipinski definition) is 2. The Morgan fingerprint density at radius 1 is 1.15 bits per heavy atom. The van der Waals surface area contributed by atoms with E-state index in [0.717, 1.165) is 43.2 Å². The first-order valence-corrected chi connectivity index (χ1v) is 12.1. The summed E-state index contributed by atoms with van der Waals surface area (Å²) in [5, 5.41) is 14.7. The van der Waals surface area contributed by atoms with Gasteiger partial charge >= 0.3 is 0 Å². The minimum atomic E-state index is -0.179. The number of nitrogens with one attached hydrogen (secondary N) is 2. The molecule has 8 nitrogen and oxygen atoms in total. The van der Waals surface area contributed by atoms with Crippen LogP contribution in [0, 0.1) is 0 Å². The molecule has 2 N–H and O–H groups in total. The van der Waals surface area contributed by atoms with Crippen molar-refractivity contribution in [3.8, 4) is 11.5 Å². The molecular formula is C24H28N4O4S. The predicted molar refractivity (Wildman–Crippen MR) is 126 cm³/mol. The van der Waals surface area contributed by atoms with Gasteiger partial charge in [0.25, 0.3) is 5.91 Å². The van der Waals surface area contributed by atoms with Crippen molar-refractivity contribution in [2.24, 2.45) is 0 Å². The summed E-state index contributed by atoms with van der Waals surface area (Å²) in [7, 11) is 1.64. The predicted octanol–water partition coefficient (Wildman–Crippen LogP) is 4.01. The third-order valence-electron chi connectivity index (χ3n) is 5.52. The number of thiophene rings is 1. The molecule has 2 amide bonds. The third-order valence-corrected chi connectivity index (χ3v) is 6.72. The number of nitrogens with zero attached hydrogens (tertiary/aromatic N) is 2. The van der Waals surface area contributed by atoms with Gasteiger partial charge in [-0.15, -0.1) is 21.5 Å². The fourth-order valence-electron chi connectivity index (χ4n) is 3.86. The summed E-state index contributed by atoms with van der Waals surface area (Å²) in [6.45, 7) is 1.12. The highest BCUT2D eigenvalue weighted by atomic mass is 32.1. The van der Waals surface area contributed by atoms with Crippen LogP contribution in [-0.2, 0) is 28.8 Å². The number of aromatic nitrogens is 2. The molecule has 0 saturated carbocycles. The van der Waals surface area contributed by atoms with Gasteiger partial charge in [-0.1, -0.05) is 18.2 Å². The topological polar surface area (TPSA) is 106 Å². The Morgan fingerprint density at radius 2 is 1.97 bits per heavy atom. The molecule has 3 aromatic rings. The van der Waals surface area contributed by atoms with Gasteiger partial charge in [-0.3, -0.25) is 9.59 Å². The van der Waals surface area contributed by atoms with Gasteiger partial charge in [0, 0.05) is 43.5 Å². The van der Waals surface area contributed by atoms with Crippen molar-refractivity contribution in [1.82, 2.24) is 15.5 Å². The highest BCUT2D eigenvalue weighted by Gasteiger charge is 2.26. The maximum atomic E-state index is 12.9. The van der Waals surface area contributed by atoms with Crippen LogP contribution in [0.15, 0.2) is 34.7 Å². The van der Waals surface area contributed by atoms with Crippen molar-refractivity contribution in [2.45, 2.75) is 44.9 Å². The van der Waals surface area contributed by atoms with E-state index in [4.69, 9.17) is 9.15 Å². The maximum absolute atomic E-state index is 12.9. The molecule has 0 radical (unpaired) electrons. The first-order valence-electron chi connectivity index (χ1n) is 11.2. The molecule has 0 atom stereocenters. The van der Waals surface area contributed by atoms with Gasteiger partial charge in [-0.05, 0) is 49.8 Å². The Kier molecular flexibility index (Phi) is 7.85. The van der Waals surface area contributed by atoms with Crippen molar-refractivity contribution < 1.29 is 18.7 Å². The largest absolute Gasteiger partial charge is 0.421 e. The molecule has 2 heterocycles. The SMILES string of the molecule is COCCCNC(=O)c1c(NC(=O)CCc2nnc(-c3ccccc3)o2)sc2c1CCCC2. The Bertz CT molecular complexity index is 1090. The zero-order chi connectivity index (χ0) is 23.0. The minimum Gasteiger partial charge on any atom is -0.421 e. The number of anilines is 1. The van der Waals surface area contributed by atoms with Crippen LogP contribution in [0.3, 0.4) is 0 Å². The van der Waals surface area contributed by atoms with E-state index in [1.165, 1.54) is 16.2 Å². The molecule has 9 heteroatoms. The number of amides is 2. The van der Waals surface area contributed by atoms with E-state index in [2.05, 4.69) is 20.8 Å². The first kappa shape index (κ1) is 23.1. The number of benzene rings is 1. The van der Waals surface area contributed by atoms with Crippen molar-refractivity contribution >= 4 is 28.2 Å². The molecule has 4 rings (SSSR count). The van der Waals surface area contributed by atoms with E-state index in [0.29, 0.717) is 41.9 Å². The number of aryl methyl sites for hydroxylation is 2. The molecule has 2 aromatic heterocycles. The van der Waals surface area contributed by atoms with Crippen LogP contribution in [0.2, 0.25) is 0 Å². The summed E-state index contributed by atoms with van der Waals surface area (Å²) in [6, 6.07) is 9.51. The van der Waals surface area contributed by atoms with E-state index in [1.807, 2.05) is 30.3 Å². The molecule has 0 unspecified atom stereocenters. The number of hydrogen-bond acceptors (Lipinski definition) is 7. The standard InChI is InChI=1S/C24H28N4O4S/c1-31-15-7-14-25-22(30)21-17-10-5-6-11-18(17)33-24(21)26-19(29)12-13-20-27-28-23(32-20)16-8-3-2-4-9-16/h2-4,8-9H,5-7,10-15H2,1H3,(H,25,30)(H,26,29). The normalized spacial score (nSPS) is 12.9. The second-order valence-electron chi connectivity index (χ2n) is 7.93. The van der Waals surface area contributed by atoms with Gasteiger partial charge in [-0.25, -0.2) is 0 Å². The molecule has 0 saturated heterocycles. The lowest BCUT2D eigenvalue weighted by Crippen LogP contribution is -2.27. The minimum absolute atomic E-state index is 0.134. The smallest absolute Gasteiger partial charge is 0.254 e. The van der Waals surface area contributed by atoms with Gasteiger partial charge < -0.3 is 19.8 Å². The lowest BCUT2D eigenvalue weighted by molar-refractivity contribution is -0.116. The van der Waals surface area contributed by atoms with Gasteiger partial charge in [0.2, 0.25) is 17.7 Å². The second kappa shape index (κ2) is 11.2. The van der Waals surface area contributed by atoms with Crippen LogP contribution >= 0.6 is 11.3 Å². The van der Waals surface area contributed by atoms with Gasteiger partial charge in [-0.2, -0.15) is 0 Å². The van der Waals surface area contributed by atoms with E-state index >= 15 is 0 Å². The van der Waals surface area contributed by atoms with E-state index < -0.39 is 0 Å². The van der Waals surface area contributed by atoms with Crippen molar-refractivity contribution in [2.75, 3.05) is 25.6 Å². The average Bonchev–Trinajstić information content (AvgIpc) is 3.45. The summed E-state index contributed by atoms with van der Waals surface area (Å²) in [5.74, 6) is 0.529. The Morgan fingerprint density at radius 3 is 2.79 bits per heavy atom. The summed E-state index contributed by atoms with van der Waals surface area (Å²) >= 11 is 1.52. The van der Waals surface area contributed by atoms with Crippen molar-refractivity contribution in [1.29, 1.82) is 0 Å². The van der Waals surface area contributed by atoms with E-state index in [1.54, 1.807) is 7.11 Å². The number of fused-ring (bicyclic) bond motifs is 1. The number of ether oxygens (including phenoxy) is 1. The van der Waals surface area contributed by atoms with Crippen molar-refractivity contribution in [3.63, 3.8) is 0 Å². The fourth-order valence-corrected chi connectivity index (χ4v) is 5.17. The second-order valence-corrected chi connectivity index (χ2v) is 9.04. The average molecular weight is 469 g/mol. The molecular weight excluding hydrogens is 440 g/mol. The Hall–Kier alpha value is -3.04. The number of rotatable bonds is 10. The van der Waals surface area contributed by atoms with E-state index in [9.17, 15) is 9.59 Å². The van der Waals surface area contributed by atoms with Gasteiger partial charge in [0.05, 0.1) is 5.56 Å². The third kappa shape index (κ3) is 5.85. The summed E-state index contributed by atoms with van der Waals surface area (Å²) in [5.41, 5.74) is 2.53. The fraction of sp³-hybridized carbons (Fsp3) is 0.417. The summed E-state index contributed by atoms with van der Waals surface area (Å²) < 4.78 is 10.7. The van der Waals surface area contributed by atoms with Crippen LogP contribution in [-0.4, -0.2) is 42.3 Å². The van der Waals surface area contributed by atoms with Gasteiger partial charge in [0.15, 0.2) is 0 Å². The van der Waals surface area contributed by atoms with Gasteiger partial charge in [0.1, 0.15) is 5.00 Å². The highest BCUT2D eigenvalue weighted by molar-refractivity contribution is 7.17. The first-order chi connectivity index (χ1) is 16.2. The molecule has 33 heavy (non-hydrogen) atoms. The number of carbonyl (C=O) groups excluding carboxylic acids is 2. The Labute approximate surface area is 196 Å². The molecule has 174 valence electrons. The molecule has 0 bridgehead atoms. The molecule has 1 aliphatic carbocycles. The van der Waals surface area contributed by atoms with Crippen molar-refractivity contribution in [3.05, 3.63) is 52.2 Å². The van der Waals surface area contributed by atoms with Crippen LogP contribution in [0.25, 0.3) is 11.5 Å². The maximum Gasteiger partial charge on any atom is 0.254 e. The summed E-state index contributed by atoms with van der Waals surface area (Å²) in [4.78, 5) is 26.8. The lowest BCUT2D eigenvalue weighted by atomic mass is 9.95. The number of carbonyl (C=O) groups is 2. The molecule has 0 fully saturated rings. The highest BCUT2D eigenvalue weighted by Crippen LogP contribution is 2.38. The lowest BCUT2D eigenvalue weighted by Gasteiger charge is -2.13. The quantitative estimate of drug-likeness (QED) is 0.436. The zero-order valence-corrected chi connectivity index (χ0v) is 19.5. The van der Waals surface area contributed by atoms with E-state index in [-0.39, 0.29) is 18.2 Å². The van der Waals surface area contributed by atoms with Crippen LogP contribution in [0.5, 0.6) is 0 Å².